The molecule has 1 aromatic heterocycles. The Hall–Kier alpha value is -2.05. The van der Waals surface area contributed by atoms with Crippen molar-refractivity contribution in [2.24, 2.45) is 0 Å². The molecule has 1 N–H and O–H groups in total. The lowest BCUT2D eigenvalue weighted by Gasteiger charge is -2.14. The molecule has 1 heterocycles. The first kappa shape index (κ1) is 17.8. The van der Waals surface area contributed by atoms with Crippen molar-refractivity contribution >= 4 is 22.9 Å². The Balaban J connectivity index is 1.68. The van der Waals surface area contributed by atoms with E-state index < -0.39 is 0 Å². The molecule has 0 amide bonds. The van der Waals surface area contributed by atoms with Gasteiger partial charge in [0.1, 0.15) is 18.2 Å². The van der Waals surface area contributed by atoms with Crippen molar-refractivity contribution in [3.63, 3.8) is 0 Å². The molecular formula is C19H22FN3OS. The molecule has 0 saturated carbocycles. The van der Waals surface area contributed by atoms with Crippen molar-refractivity contribution in [2.75, 3.05) is 12.4 Å². The van der Waals surface area contributed by atoms with Crippen LogP contribution in [0.3, 0.4) is 0 Å². The Morgan fingerprint density at radius 3 is 2.80 bits per heavy atom. The highest BCUT2D eigenvalue weighted by Gasteiger charge is 2.08. The van der Waals surface area contributed by atoms with E-state index in [0.29, 0.717) is 6.61 Å². The summed E-state index contributed by atoms with van der Waals surface area (Å²) in [6, 6.07) is 12.5. The fourth-order valence-corrected chi connectivity index (χ4v) is 3.12. The second-order valence-corrected chi connectivity index (χ2v) is 6.86. The smallest absolute Gasteiger partial charge is 0.123 e. The Bertz CT molecular complexity index is 819. The van der Waals surface area contributed by atoms with Crippen LogP contribution in [0.5, 0.6) is 5.75 Å². The number of benzene rings is 2. The first-order valence-corrected chi connectivity index (χ1v) is 9.40. The molecule has 0 radical (unpaired) electrons. The van der Waals surface area contributed by atoms with Gasteiger partial charge in [-0.1, -0.05) is 18.9 Å². The molecular weight excluding hydrogens is 337 g/mol. The maximum Gasteiger partial charge on any atom is 0.123 e. The summed E-state index contributed by atoms with van der Waals surface area (Å²) in [5.41, 5.74) is 1.79. The van der Waals surface area contributed by atoms with Crippen molar-refractivity contribution in [3.05, 3.63) is 54.5 Å². The monoisotopic (exact) mass is 359 g/mol. The molecule has 3 aromatic rings. The lowest BCUT2D eigenvalue weighted by atomic mass is 10.2. The molecule has 0 spiro atoms. The second-order valence-electron chi connectivity index (χ2n) is 5.93. The van der Waals surface area contributed by atoms with Crippen LogP contribution in [0.25, 0.3) is 16.6 Å². The molecule has 0 aliphatic rings. The van der Waals surface area contributed by atoms with Gasteiger partial charge in [-0.2, -0.15) is 5.10 Å². The minimum Gasteiger partial charge on any atom is -0.492 e. The van der Waals surface area contributed by atoms with Gasteiger partial charge >= 0.3 is 0 Å². The third-order valence-electron chi connectivity index (χ3n) is 3.70. The van der Waals surface area contributed by atoms with E-state index in [4.69, 9.17) is 4.74 Å². The summed E-state index contributed by atoms with van der Waals surface area (Å²) in [5, 5.41) is 5.39. The number of rotatable bonds is 8. The van der Waals surface area contributed by atoms with Crippen LogP contribution in [0.1, 0.15) is 20.3 Å². The molecule has 2 aromatic carbocycles. The van der Waals surface area contributed by atoms with Crippen LogP contribution in [0.15, 0.2) is 48.7 Å². The summed E-state index contributed by atoms with van der Waals surface area (Å²) in [4.78, 5) is 0. The minimum absolute atomic E-state index is 0.254. The molecule has 0 aliphatic heterocycles. The van der Waals surface area contributed by atoms with E-state index in [1.807, 2.05) is 18.2 Å². The van der Waals surface area contributed by atoms with Gasteiger partial charge in [-0.3, -0.25) is 4.72 Å². The molecule has 132 valence electrons. The van der Waals surface area contributed by atoms with Crippen LogP contribution in [0.4, 0.5) is 4.39 Å². The third-order valence-corrected chi connectivity index (χ3v) is 4.88. The van der Waals surface area contributed by atoms with Crippen molar-refractivity contribution in [3.8, 4) is 11.4 Å². The maximum atomic E-state index is 13.1. The van der Waals surface area contributed by atoms with E-state index in [1.165, 1.54) is 12.1 Å². The maximum absolute atomic E-state index is 13.1. The van der Waals surface area contributed by atoms with Gasteiger partial charge in [-0.25, -0.2) is 9.07 Å². The molecule has 25 heavy (non-hydrogen) atoms. The third kappa shape index (κ3) is 4.52. The van der Waals surface area contributed by atoms with Gasteiger partial charge in [0.05, 0.1) is 17.4 Å². The van der Waals surface area contributed by atoms with Crippen LogP contribution in [-0.2, 0) is 0 Å². The summed E-state index contributed by atoms with van der Waals surface area (Å²) >= 11 is 1.73. The minimum atomic E-state index is -0.254. The fraction of sp³-hybridized carbons (Fsp3) is 0.316. The quantitative estimate of drug-likeness (QED) is 0.472. The van der Waals surface area contributed by atoms with Gasteiger partial charge in [0, 0.05) is 17.2 Å². The molecule has 4 nitrogen and oxygen atoms in total. The van der Waals surface area contributed by atoms with E-state index in [0.717, 1.165) is 34.5 Å². The summed E-state index contributed by atoms with van der Waals surface area (Å²) in [7, 11) is 0. The molecule has 0 saturated heterocycles. The van der Waals surface area contributed by atoms with Gasteiger partial charge in [0.15, 0.2) is 0 Å². The predicted molar refractivity (Wildman–Crippen MR) is 102 cm³/mol. The van der Waals surface area contributed by atoms with Gasteiger partial charge in [0.2, 0.25) is 0 Å². The number of aromatic nitrogens is 2. The molecule has 1 atom stereocenters. The van der Waals surface area contributed by atoms with Crippen molar-refractivity contribution < 1.29 is 9.13 Å². The predicted octanol–water partition coefficient (Wildman–Crippen LogP) is 4.58. The lowest BCUT2D eigenvalue weighted by Crippen LogP contribution is -2.26. The van der Waals surface area contributed by atoms with E-state index in [9.17, 15) is 4.39 Å². The van der Waals surface area contributed by atoms with Crippen LogP contribution >= 0.6 is 11.9 Å². The number of fused-ring (bicyclic) bond motifs is 1. The summed E-state index contributed by atoms with van der Waals surface area (Å²) in [6.07, 6.45) is 2.95. The van der Waals surface area contributed by atoms with Crippen LogP contribution in [0.2, 0.25) is 0 Å². The van der Waals surface area contributed by atoms with E-state index in [-0.39, 0.29) is 11.9 Å². The molecule has 6 heteroatoms. The van der Waals surface area contributed by atoms with Crippen LogP contribution in [-0.4, -0.2) is 28.2 Å². The van der Waals surface area contributed by atoms with Gasteiger partial charge in [-0.15, -0.1) is 0 Å². The first-order chi connectivity index (χ1) is 12.2. The average molecular weight is 359 g/mol. The van der Waals surface area contributed by atoms with Crippen molar-refractivity contribution in [2.45, 2.75) is 26.3 Å². The number of ether oxygens (including phenoxy) is 1. The topological polar surface area (TPSA) is 39.1 Å². The first-order valence-electron chi connectivity index (χ1n) is 8.41. The lowest BCUT2D eigenvalue weighted by molar-refractivity contribution is 0.290. The molecule has 0 bridgehead atoms. The number of nitrogens with zero attached hydrogens (tertiary/aromatic N) is 2. The standard InChI is InChI=1S/C19H22FN3OS/c1-3-10-25-22-14(2)13-24-18-8-9-19-15(11-18)12-21-23(19)17-6-4-16(20)5-7-17/h4-9,11-12,14,22H,3,10,13H2,1-2H3. The number of hydrogen-bond acceptors (Lipinski definition) is 4. The zero-order valence-corrected chi connectivity index (χ0v) is 15.2. The zero-order valence-electron chi connectivity index (χ0n) is 14.4. The zero-order chi connectivity index (χ0) is 17.6. The average Bonchev–Trinajstić information content (AvgIpc) is 3.04. The Morgan fingerprint density at radius 1 is 1.24 bits per heavy atom. The Kier molecular flexibility index (Phi) is 5.94. The summed E-state index contributed by atoms with van der Waals surface area (Å²) < 4.78 is 24.1. The normalized spacial score (nSPS) is 12.4. The van der Waals surface area contributed by atoms with Gasteiger partial charge in [0.25, 0.3) is 0 Å². The fourth-order valence-electron chi connectivity index (χ4n) is 2.45. The Labute approximate surface area is 151 Å². The van der Waals surface area contributed by atoms with E-state index in [2.05, 4.69) is 23.7 Å². The highest BCUT2D eigenvalue weighted by Crippen LogP contribution is 2.23. The second kappa shape index (κ2) is 8.36. The van der Waals surface area contributed by atoms with Crippen molar-refractivity contribution in [1.82, 2.24) is 14.5 Å². The van der Waals surface area contributed by atoms with Crippen molar-refractivity contribution in [1.29, 1.82) is 0 Å². The molecule has 0 fully saturated rings. The Morgan fingerprint density at radius 2 is 2.04 bits per heavy atom. The number of halogens is 1. The summed E-state index contributed by atoms with van der Waals surface area (Å²) in [5.74, 6) is 1.66. The van der Waals surface area contributed by atoms with Crippen LogP contribution < -0.4 is 9.46 Å². The number of hydrogen-bond donors (Lipinski definition) is 1. The molecule has 1 unspecified atom stereocenters. The van der Waals surface area contributed by atoms with Crippen LogP contribution in [0, 0.1) is 5.82 Å². The van der Waals surface area contributed by atoms with Gasteiger partial charge in [-0.05, 0) is 55.8 Å². The SMILES string of the molecule is CCCSNC(C)COc1ccc2c(cnn2-c2ccc(F)cc2)c1. The van der Waals surface area contributed by atoms with E-state index >= 15 is 0 Å². The number of nitrogens with one attached hydrogen (secondary N) is 1. The highest BCUT2D eigenvalue weighted by atomic mass is 32.2. The van der Waals surface area contributed by atoms with E-state index in [1.54, 1.807) is 35.0 Å². The molecule has 3 rings (SSSR count). The highest BCUT2D eigenvalue weighted by molar-refractivity contribution is 7.97. The molecule has 0 aliphatic carbocycles. The summed E-state index contributed by atoms with van der Waals surface area (Å²) in [6.45, 7) is 4.87. The van der Waals surface area contributed by atoms with Gasteiger partial charge < -0.3 is 4.74 Å². The largest absolute Gasteiger partial charge is 0.492 e.